The maximum absolute atomic E-state index is 12.8. The van der Waals surface area contributed by atoms with Gasteiger partial charge in [-0.2, -0.15) is 4.98 Å². The van der Waals surface area contributed by atoms with Crippen molar-refractivity contribution in [2.24, 2.45) is 0 Å². The Bertz CT molecular complexity index is 1160. The van der Waals surface area contributed by atoms with E-state index < -0.39 is 35.0 Å². The minimum absolute atomic E-state index is 0. The molecule has 0 amide bonds. The van der Waals surface area contributed by atoms with Crippen LogP contribution in [-0.2, 0) is 16.4 Å². The first kappa shape index (κ1) is 20.8. The van der Waals surface area contributed by atoms with Crippen LogP contribution < -0.4 is 9.46 Å². The Morgan fingerprint density at radius 1 is 1.21 bits per heavy atom. The third-order valence-corrected chi connectivity index (χ3v) is 5.36. The molecule has 2 N–H and O–H groups in total. The maximum Gasteiger partial charge on any atom is 0.280 e. The molecule has 0 atom stereocenters. The SMILES string of the molecule is COc1nc(NS(=O)(=O)c2c[nH]c3nc(C(F)F)ccc23)nc(C)c1CC(F)F.[HH].[HH]. The van der Waals surface area contributed by atoms with Gasteiger partial charge in [-0.3, -0.25) is 0 Å². The molecule has 0 aromatic carbocycles. The van der Waals surface area contributed by atoms with E-state index in [0.29, 0.717) is 0 Å². The molecule has 3 heterocycles. The normalized spacial score (nSPS) is 12.1. The van der Waals surface area contributed by atoms with Crippen molar-refractivity contribution >= 4 is 27.0 Å². The molecule has 0 unspecified atom stereocenters. The number of rotatable bonds is 7. The molecule has 3 rings (SSSR count). The molecule has 0 radical (unpaired) electrons. The number of methoxy groups -OCH3 is 1. The Morgan fingerprint density at radius 3 is 2.55 bits per heavy atom. The first-order valence-corrected chi connectivity index (χ1v) is 9.59. The molecular weight excluding hydrogens is 418 g/mol. The number of hydrogen-bond acceptors (Lipinski definition) is 6. The van der Waals surface area contributed by atoms with Gasteiger partial charge in [-0.1, -0.05) is 0 Å². The summed E-state index contributed by atoms with van der Waals surface area (Å²) in [6, 6.07) is 2.22. The Morgan fingerprint density at radius 2 is 1.93 bits per heavy atom. The fourth-order valence-electron chi connectivity index (χ4n) is 2.69. The van der Waals surface area contributed by atoms with E-state index in [-0.39, 0.29) is 41.9 Å². The lowest BCUT2D eigenvalue weighted by molar-refractivity contribution is 0.146. The van der Waals surface area contributed by atoms with Crippen LogP contribution >= 0.6 is 0 Å². The quantitative estimate of drug-likeness (QED) is 0.546. The largest absolute Gasteiger partial charge is 0.481 e. The number of H-pyrrole nitrogens is 1. The molecule has 0 saturated heterocycles. The summed E-state index contributed by atoms with van der Waals surface area (Å²) in [7, 11) is -3.04. The van der Waals surface area contributed by atoms with Gasteiger partial charge >= 0.3 is 0 Å². The lowest BCUT2D eigenvalue weighted by Crippen LogP contribution is -2.17. The summed E-state index contributed by atoms with van der Waals surface area (Å²) < 4.78 is 83.5. The van der Waals surface area contributed by atoms with Gasteiger partial charge in [0.25, 0.3) is 16.4 Å². The molecule has 3 aromatic rings. The maximum atomic E-state index is 12.8. The summed E-state index contributed by atoms with van der Waals surface area (Å²) in [5.74, 6) is -0.568. The Hall–Kier alpha value is -2.96. The average Bonchev–Trinajstić information content (AvgIpc) is 3.07. The number of aromatic amines is 1. The number of aryl methyl sites for hydroxylation is 1. The zero-order chi connectivity index (χ0) is 21.3. The van der Waals surface area contributed by atoms with Gasteiger partial charge in [-0.25, -0.2) is 40.7 Å². The lowest BCUT2D eigenvalue weighted by Gasteiger charge is -2.13. The molecule has 29 heavy (non-hydrogen) atoms. The highest BCUT2D eigenvalue weighted by Crippen LogP contribution is 2.28. The van der Waals surface area contributed by atoms with E-state index in [2.05, 4.69) is 24.7 Å². The minimum atomic E-state index is -4.24. The van der Waals surface area contributed by atoms with Crippen LogP contribution in [0.1, 0.15) is 26.2 Å². The van der Waals surface area contributed by atoms with E-state index in [1.54, 1.807) is 0 Å². The number of alkyl halides is 4. The van der Waals surface area contributed by atoms with Crippen LogP contribution in [0.2, 0.25) is 0 Å². The van der Waals surface area contributed by atoms with E-state index in [1.165, 1.54) is 20.1 Å². The molecule has 0 aliphatic heterocycles. The summed E-state index contributed by atoms with van der Waals surface area (Å²) in [6.45, 7) is 1.42. The second-order valence-electron chi connectivity index (χ2n) is 5.91. The molecule has 8 nitrogen and oxygen atoms in total. The predicted octanol–water partition coefficient (Wildman–Crippen LogP) is 3.71. The van der Waals surface area contributed by atoms with E-state index >= 15 is 0 Å². The number of halogens is 4. The van der Waals surface area contributed by atoms with Crippen molar-refractivity contribution in [2.75, 3.05) is 11.8 Å². The summed E-state index contributed by atoms with van der Waals surface area (Å²) in [5, 5.41) is 0.0832. The molecule has 0 bridgehead atoms. The van der Waals surface area contributed by atoms with Crippen molar-refractivity contribution in [3.05, 3.63) is 35.3 Å². The van der Waals surface area contributed by atoms with Gasteiger partial charge in [0.15, 0.2) is 0 Å². The van der Waals surface area contributed by atoms with E-state index in [1.807, 2.05) is 0 Å². The van der Waals surface area contributed by atoms with Gasteiger partial charge in [0.2, 0.25) is 18.3 Å². The number of nitrogens with one attached hydrogen (secondary N) is 2. The number of aromatic nitrogens is 4. The van der Waals surface area contributed by atoms with Crippen molar-refractivity contribution in [2.45, 2.75) is 31.1 Å². The fraction of sp³-hybridized carbons (Fsp3) is 0.312. The number of nitrogens with zero attached hydrogens (tertiary/aromatic N) is 3. The van der Waals surface area contributed by atoms with Gasteiger partial charge in [0.05, 0.1) is 12.8 Å². The second kappa shape index (κ2) is 7.81. The monoisotopic (exact) mass is 437 g/mol. The van der Waals surface area contributed by atoms with Crippen LogP contribution in [-0.4, -0.2) is 41.9 Å². The predicted molar refractivity (Wildman–Crippen MR) is 99.1 cm³/mol. The summed E-state index contributed by atoms with van der Waals surface area (Å²) in [5.41, 5.74) is -0.363. The highest BCUT2D eigenvalue weighted by atomic mass is 32.2. The highest BCUT2D eigenvalue weighted by molar-refractivity contribution is 7.93. The van der Waals surface area contributed by atoms with Crippen molar-refractivity contribution < 1.29 is 33.6 Å². The second-order valence-corrected chi connectivity index (χ2v) is 7.56. The third-order valence-electron chi connectivity index (χ3n) is 3.99. The average molecular weight is 437 g/mol. The molecule has 160 valence electrons. The summed E-state index contributed by atoms with van der Waals surface area (Å²) in [4.78, 5) is 13.7. The molecule has 0 fully saturated rings. The zero-order valence-corrected chi connectivity index (χ0v) is 15.9. The Balaban J connectivity index is 0.00000240. The van der Waals surface area contributed by atoms with Crippen LogP contribution in [0.15, 0.2) is 23.2 Å². The van der Waals surface area contributed by atoms with Crippen molar-refractivity contribution in [1.82, 2.24) is 19.9 Å². The number of fused-ring (bicyclic) bond motifs is 1. The molecule has 3 aromatic heterocycles. The molecule has 0 spiro atoms. The van der Waals surface area contributed by atoms with Crippen LogP contribution in [0.5, 0.6) is 5.88 Å². The number of hydrogen-bond donors (Lipinski definition) is 2. The standard InChI is InChI=1S/C16H15F4N5O3S.2H2/c1-7-9(5-12(17)18)15(28-2)24-16(22-7)25-29(26,27)11-6-21-14-8(11)3-4-10(23-14)13(19)20;;/h3-4,6,12-13H,5H2,1-2H3,(H,21,23)(H,22,24,25);2*1H. The van der Waals surface area contributed by atoms with Crippen LogP contribution in [0.3, 0.4) is 0 Å². The summed E-state index contributed by atoms with van der Waals surface area (Å²) >= 11 is 0. The van der Waals surface area contributed by atoms with E-state index in [0.717, 1.165) is 12.3 Å². The molecule has 0 aliphatic carbocycles. The Labute approximate surface area is 165 Å². The molecule has 0 saturated carbocycles. The highest BCUT2D eigenvalue weighted by Gasteiger charge is 2.24. The van der Waals surface area contributed by atoms with Crippen molar-refractivity contribution in [1.29, 1.82) is 0 Å². The van der Waals surface area contributed by atoms with Gasteiger partial charge in [-0.05, 0) is 19.1 Å². The Kier molecular flexibility index (Phi) is 5.59. The first-order chi connectivity index (χ1) is 13.6. The first-order valence-electron chi connectivity index (χ1n) is 8.11. The summed E-state index contributed by atoms with van der Waals surface area (Å²) in [6.07, 6.45) is -5.03. The molecular formula is C16H19F4N5O3S. The van der Waals surface area contributed by atoms with Crippen molar-refractivity contribution in [3.63, 3.8) is 0 Å². The van der Waals surface area contributed by atoms with Gasteiger partial charge < -0.3 is 9.72 Å². The van der Waals surface area contributed by atoms with Gasteiger partial charge in [-0.15, -0.1) is 0 Å². The van der Waals surface area contributed by atoms with Crippen molar-refractivity contribution in [3.8, 4) is 5.88 Å². The van der Waals surface area contributed by atoms with E-state index in [4.69, 9.17) is 4.74 Å². The number of sulfonamides is 1. The smallest absolute Gasteiger partial charge is 0.280 e. The van der Waals surface area contributed by atoms with Gasteiger partial charge in [0.1, 0.15) is 16.2 Å². The fourth-order valence-corrected chi connectivity index (χ4v) is 3.80. The topological polar surface area (TPSA) is 110 Å². The van der Waals surface area contributed by atoms with Crippen LogP contribution in [0.25, 0.3) is 11.0 Å². The number of ether oxygens (including phenoxy) is 1. The number of anilines is 1. The molecule has 0 aliphatic rings. The van der Waals surface area contributed by atoms with Crippen LogP contribution in [0.4, 0.5) is 23.5 Å². The van der Waals surface area contributed by atoms with Crippen LogP contribution in [0, 0.1) is 6.92 Å². The van der Waals surface area contributed by atoms with Gasteiger partial charge in [0, 0.05) is 26.4 Å². The number of pyridine rings is 1. The minimum Gasteiger partial charge on any atom is -0.481 e. The zero-order valence-electron chi connectivity index (χ0n) is 15.1. The molecule has 13 heteroatoms. The third kappa shape index (κ3) is 4.23. The lowest BCUT2D eigenvalue weighted by atomic mass is 10.2. The van der Waals surface area contributed by atoms with E-state index in [9.17, 15) is 26.0 Å².